The molecule has 2 rings (SSSR count). The lowest BCUT2D eigenvalue weighted by Gasteiger charge is -2.02. The highest BCUT2D eigenvalue weighted by atomic mass is 32.2. The van der Waals surface area contributed by atoms with E-state index in [1.807, 2.05) is 0 Å². The molecule has 9 heavy (non-hydrogen) atoms. The van der Waals surface area contributed by atoms with Gasteiger partial charge in [0, 0.05) is 12.1 Å². The Balaban J connectivity index is 2.09. The van der Waals surface area contributed by atoms with Crippen molar-refractivity contribution in [3.8, 4) is 0 Å². The van der Waals surface area contributed by atoms with Gasteiger partial charge in [-0.15, -0.1) is 0 Å². The molecule has 4 N–H and O–H groups in total. The van der Waals surface area contributed by atoms with Crippen LogP contribution in [0.25, 0.3) is 0 Å². The molecule has 2 heterocycles. The van der Waals surface area contributed by atoms with E-state index in [4.69, 9.17) is 0 Å². The van der Waals surface area contributed by atoms with Gasteiger partial charge in [-0.1, -0.05) is 0 Å². The Bertz CT molecular complexity index is 137. The second kappa shape index (κ2) is 1.76. The number of carbonyl (C=O) groups excluding carboxylic acids is 1. The van der Waals surface area contributed by atoms with Crippen LogP contribution in [-0.2, 0) is 0 Å². The molecule has 0 aromatic carbocycles. The largest absolute Gasteiger partial charge is 0.319 e. The summed E-state index contributed by atoms with van der Waals surface area (Å²) in [5, 5.41) is 5.34. The Morgan fingerprint density at radius 1 is 1.22 bits per heavy atom. The van der Waals surface area contributed by atoms with Gasteiger partial charge >= 0.3 is 6.03 Å². The molecule has 2 atom stereocenters. The first-order valence-corrected chi connectivity index (χ1v) is 3.42. The van der Waals surface area contributed by atoms with Gasteiger partial charge in [-0.3, -0.25) is 0 Å². The lowest BCUT2D eigenvalue weighted by molar-refractivity contribution is 0.246. The molecule has 5 nitrogen and oxygen atoms in total. The van der Waals surface area contributed by atoms with E-state index >= 15 is 0 Å². The van der Waals surface area contributed by atoms with E-state index in [0.717, 1.165) is 0 Å². The molecule has 50 valence electrons. The molecular formula is C3H6N4OS. The van der Waals surface area contributed by atoms with Crippen LogP contribution >= 0.6 is 12.1 Å². The van der Waals surface area contributed by atoms with E-state index in [1.165, 1.54) is 12.1 Å². The van der Waals surface area contributed by atoms with Crippen molar-refractivity contribution in [1.82, 2.24) is 20.1 Å². The monoisotopic (exact) mass is 146 g/mol. The van der Waals surface area contributed by atoms with Crippen molar-refractivity contribution in [2.24, 2.45) is 0 Å². The Morgan fingerprint density at radius 3 is 2.33 bits per heavy atom. The third-order valence-corrected chi connectivity index (χ3v) is 2.02. The summed E-state index contributed by atoms with van der Waals surface area (Å²) in [5.74, 6) is 0. The molecule has 2 unspecified atom stereocenters. The van der Waals surface area contributed by atoms with Crippen molar-refractivity contribution in [3.63, 3.8) is 0 Å². The molecular weight excluding hydrogens is 140 g/mol. The summed E-state index contributed by atoms with van der Waals surface area (Å²) in [4.78, 5) is 10.5. The molecule has 2 amide bonds. The van der Waals surface area contributed by atoms with Crippen molar-refractivity contribution in [1.29, 1.82) is 0 Å². The number of hydrogen-bond donors (Lipinski definition) is 4. The zero-order valence-electron chi connectivity index (χ0n) is 4.47. The Labute approximate surface area is 56.2 Å². The molecule has 0 radical (unpaired) electrons. The van der Waals surface area contributed by atoms with E-state index in [9.17, 15) is 4.79 Å². The maximum atomic E-state index is 10.5. The van der Waals surface area contributed by atoms with Crippen molar-refractivity contribution < 1.29 is 4.79 Å². The molecule has 2 fully saturated rings. The standard InChI is InChI=1S/C3H6N4OS/c8-3-4-1-2(5-3)7-9-6-1/h1-2,6-7H,(H2,4,5,8). The molecule has 0 aliphatic carbocycles. The summed E-state index contributed by atoms with van der Waals surface area (Å²) >= 11 is 1.39. The quantitative estimate of drug-likeness (QED) is 0.321. The molecule has 0 saturated carbocycles. The minimum Gasteiger partial charge on any atom is -0.319 e. The van der Waals surface area contributed by atoms with Gasteiger partial charge in [0.1, 0.15) is 12.3 Å². The van der Waals surface area contributed by atoms with Gasteiger partial charge in [0.2, 0.25) is 0 Å². The van der Waals surface area contributed by atoms with Gasteiger partial charge in [-0.25, -0.2) is 14.2 Å². The minimum absolute atomic E-state index is 0.0440. The lowest BCUT2D eigenvalue weighted by Crippen LogP contribution is -2.39. The summed E-state index contributed by atoms with van der Waals surface area (Å²) in [5.41, 5.74) is 0. The highest BCUT2D eigenvalue weighted by Crippen LogP contribution is 2.08. The summed E-state index contributed by atoms with van der Waals surface area (Å²) in [7, 11) is 0. The number of hydrogen-bond acceptors (Lipinski definition) is 4. The Morgan fingerprint density at radius 2 is 1.78 bits per heavy atom. The van der Waals surface area contributed by atoms with Gasteiger partial charge in [0.15, 0.2) is 0 Å². The van der Waals surface area contributed by atoms with Crippen LogP contribution in [-0.4, -0.2) is 18.4 Å². The SMILES string of the molecule is O=C1NC2NSNC2N1. The van der Waals surface area contributed by atoms with Crippen LogP contribution in [0.4, 0.5) is 4.79 Å². The Hall–Kier alpha value is -0.460. The first kappa shape index (κ1) is 5.33. The third kappa shape index (κ3) is 0.752. The van der Waals surface area contributed by atoms with Gasteiger partial charge in [-0.05, 0) is 0 Å². The molecule has 0 aromatic heterocycles. The smallest absolute Gasteiger partial charge is 0.317 e. The Kier molecular flexibility index (Phi) is 1.04. The highest BCUT2D eigenvalue weighted by Gasteiger charge is 2.35. The first-order chi connectivity index (χ1) is 4.36. The normalized spacial score (nSPS) is 39.8. The number of carbonyl (C=O) groups is 1. The second-order valence-corrected chi connectivity index (χ2v) is 2.59. The van der Waals surface area contributed by atoms with Gasteiger partial charge in [0.05, 0.1) is 0 Å². The van der Waals surface area contributed by atoms with Crippen LogP contribution in [0.15, 0.2) is 0 Å². The number of nitrogens with one attached hydrogen (secondary N) is 4. The van der Waals surface area contributed by atoms with Crippen LogP contribution in [0.2, 0.25) is 0 Å². The van der Waals surface area contributed by atoms with E-state index in [2.05, 4.69) is 20.1 Å². The zero-order chi connectivity index (χ0) is 6.27. The molecule has 0 aromatic rings. The average molecular weight is 146 g/mol. The fraction of sp³-hybridized carbons (Fsp3) is 0.667. The topological polar surface area (TPSA) is 65.2 Å². The highest BCUT2D eigenvalue weighted by molar-refractivity contribution is 7.95. The number of urea groups is 1. The molecule has 0 spiro atoms. The second-order valence-electron chi connectivity index (χ2n) is 1.91. The maximum absolute atomic E-state index is 10.5. The van der Waals surface area contributed by atoms with Crippen molar-refractivity contribution in [3.05, 3.63) is 0 Å². The lowest BCUT2D eigenvalue weighted by atomic mass is 10.4. The van der Waals surface area contributed by atoms with Crippen LogP contribution in [0.5, 0.6) is 0 Å². The van der Waals surface area contributed by atoms with Crippen molar-refractivity contribution >= 4 is 18.2 Å². The zero-order valence-corrected chi connectivity index (χ0v) is 5.29. The van der Waals surface area contributed by atoms with E-state index in [-0.39, 0.29) is 18.4 Å². The summed E-state index contributed by atoms with van der Waals surface area (Å²) in [6, 6.07) is -0.120. The van der Waals surface area contributed by atoms with Crippen LogP contribution in [0.3, 0.4) is 0 Å². The van der Waals surface area contributed by atoms with Gasteiger partial charge < -0.3 is 10.6 Å². The maximum Gasteiger partial charge on any atom is 0.317 e. The fourth-order valence-electron chi connectivity index (χ4n) is 0.847. The number of amides is 2. The van der Waals surface area contributed by atoms with E-state index < -0.39 is 0 Å². The predicted octanol–water partition coefficient (Wildman–Crippen LogP) is -1.29. The number of rotatable bonds is 0. The van der Waals surface area contributed by atoms with Crippen LogP contribution in [0.1, 0.15) is 0 Å². The fourth-order valence-corrected chi connectivity index (χ4v) is 1.56. The summed E-state index contributed by atoms with van der Waals surface area (Å²) in [6.07, 6.45) is 0.0880. The molecule has 2 aliphatic heterocycles. The van der Waals surface area contributed by atoms with Gasteiger partial charge in [0.25, 0.3) is 0 Å². The van der Waals surface area contributed by atoms with E-state index in [1.54, 1.807) is 0 Å². The average Bonchev–Trinajstić information content (AvgIpc) is 2.22. The summed E-state index contributed by atoms with van der Waals surface area (Å²) in [6.45, 7) is 0. The molecule has 2 saturated heterocycles. The van der Waals surface area contributed by atoms with Crippen molar-refractivity contribution in [2.75, 3.05) is 0 Å². The molecule has 0 bridgehead atoms. The summed E-state index contributed by atoms with van der Waals surface area (Å²) < 4.78 is 5.92. The first-order valence-electron chi connectivity index (χ1n) is 2.60. The van der Waals surface area contributed by atoms with Crippen molar-refractivity contribution in [2.45, 2.75) is 12.3 Å². The van der Waals surface area contributed by atoms with Gasteiger partial charge in [-0.2, -0.15) is 0 Å². The van der Waals surface area contributed by atoms with Crippen LogP contribution < -0.4 is 20.1 Å². The third-order valence-electron chi connectivity index (χ3n) is 1.28. The molecule has 6 heteroatoms. The predicted molar refractivity (Wildman–Crippen MR) is 33.1 cm³/mol. The number of fused-ring (bicyclic) bond motifs is 1. The minimum atomic E-state index is -0.120. The van der Waals surface area contributed by atoms with Crippen LogP contribution in [0, 0.1) is 0 Å². The molecule has 2 aliphatic rings. The van der Waals surface area contributed by atoms with E-state index in [0.29, 0.717) is 0 Å².